The molecule has 0 aliphatic carbocycles. The number of hydrogen-bond acceptors (Lipinski definition) is 3. The Morgan fingerprint density at radius 1 is 1.31 bits per heavy atom. The molecule has 0 aliphatic heterocycles. The molecule has 0 aromatic carbocycles. The molecule has 0 saturated heterocycles. The summed E-state index contributed by atoms with van der Waals surface area (Å²) in [6.45, 7) is 7.68. The second-order valence-corrected chi connectivity index (χ2v) is 5.92. The molecule has 2 nitrogen and oxygen atoms in total. The molecule has 0 amide bonds. The molecule has 0 saturated carbocycles. The van der Waals surface area contributed by atoms with Crippen molar-refractivity contribution in [3.05, 3.63) is 0 Å². The minimum atomic E-state index is 0.0193. The van der Waals surface area contributed by atoms with Crippen molar-refractivity contribution < 1.29 is 4.74 Å². The van der Waals surface area contributed by atoms with Crippen LogP contribution in [0.3, 0.4) is 0 Å². The fourth-order valence-corrected chi connectivity index (χ4v) is 2.10. The third-order valence-corrected chi connectivity index (χ3v) is 3.64. The molecule has 1 atom stereocenters. The van der Waals surface area contributed by atoms with Gasteiger partial charge in [-0.1, -0.05) is 6.92 Å². The highest BCUT2D eigenvalue weighted by atomic mass is 32.2. The smallest absolute Gasteiger partial charge is 0.0623 e. The SMILES string of the molecule is CCCNC(CCSC)CCC(C)(C)OC. The van der Waals surface area contributed by atoms with Crippen LogP contribution in [0.4, 0.5) is 0 Å². The number of ether oxygens (including phenoxy) is 1. The van der Waals surface area contributed by atoms with E-state index in [2.05, 4.69) is 32.3 Å². The lowest BCUT2D eigenvalue weighted by Gasteiger charge is -2.26. The van der Waals surface area contributed by atoms with E-state index >= 15 is 0 Å². The van der Waals surface area contributed by atoms with Gasteiger partial charge in [0.1, 0.15) is 0 Å². The summed E-state index contributed by atoms with van der Waals surface area (Å²) < 4.78 is 5.46. The Hall–Kier alpha value is 0.270. The molecule has 0 aromatic rings. The quantitative estimate of drug-likeness (QED) is 0.640. The standard InChI is InChI=1S/C13H29NOS/c1-6-10-14-12(8-11-16-5)7-9-13(2,3)15-4/h12,14H,6-11H2,1-5H3. The van der Waals surface area contributed by atoms with E-state index in [4.69, 9.17) is 4.74 Å². The monoisotopic (exact) mass is 247 g/mol. The highest BCUT2D eigenvalue weighted by molar-refractivity contribution is 7.98. The van der Waals surface area contributed by atoms with E-state index in [-0.39, 0.29) is 5.60 Å². The Morgan fingerprint density at radius 2 is 2.00 bits per heavy atom. The van der Waals surface area contributed by atoms with Crippen molar-refractivity contribution in [1.29, 1.82) is 0 Å². The molecule has 0 rings (SSSR count). The minimum absolute atomic E-state index is 0.0193. The van der Waals surface area contributed by atoms with Crippen LogP contribution in [0.15, 0.2) is 0 Å². The molecule has 0 spiro atoms. The third kappa shape index (κ3) is 8.43. The Kier molecular flexibility index (Phi) is 9.47. The van der Waals surface area contributed by atoms with Gasteiger partial charge in [0.2, 0.25) is 0 Å². The lowest BCUT2D eigenvalue weighted by Crippen LogP contribution is -2.33. The van der Waals surface area contributed by atoms with Gasteiger partial charge in [-0.3, -0.25) is 0 Å². The van der Waals surface area contributed by atoms with E-state index in [0.29, 0.717) is 6.04 Å². The molecule has 0 fully saturated rings. The normalized spacial score (nSPS) is 14.1. The van der Waals surface area contributed by atoms with Crippen LogP contribution in [0.1, 0.15) is 46.5 Å². The van der Waals surface area contributed by atoms with Crippen molar-refractivity contribution in [2.45, 2.75) is 58.1 Å². The number of thioether (sulfide) groups is 1. The van der Waals surface area contributed by atoms with Crippen LogP contribution in [0.25, 0.3) is 0 Å². The van der Waals surface area contributed by atoms with Gasteiger partial charge in [0.05, 0.1) is 5.60 Å². The minimum Gasteiger partial charge on any atom is -0.379 e. The first-order valence-corrected chi connectivity index (χ1v) is 7.72. The van der Waals surface area contributed by atoms with Gasteiger partial charge in [-0.15, -0.1) is 0 Å². The summed E-state index contributed by atoms with van der Waals surface area (Å²) in [6, 6.07) is 0.654. The Bertz CT molecular complexity index is 154. The van der Waals surface area contributed by atoms with Crippen molar-refractivity contribution in [2.75, 3.05) is 25.7 Å². The van der Waals surface area contributed by atoms with Gasteiger partial charge in [-0.2, -0.15) is 11.8 Å². The van der Waals surface area contributed by atoms with Crippen LogP contribution >= 0.6 is 11.8 Å². The fraction of sp³-hybridized carbons (Fsp3) is 1.00. The van der Waals surface area contributed by atoms with Crippen LogP contribution in [0.2, 0.25) is 0 Å². The van der Waals surface area contributed by atoms with Crippen LogP contribution in [0.5, 0.6) is 0 Å². The van der Waals surface area contributed by atoms with Crippen LogP contribution < -0.4 is 5.32 Å². The summed E-state index contributed by atoms with van der Waals surface area (Å²) in [5, 5.41) is 3.63. The van der Waals surface area contributed by atoms with Crippen molar-refractivity contribution >= 4 is 11.8 Å². The number of rotatable bonds is 10. The summed E-state index contributed by atoms with van der Waals surface area (Å²) in [7, 11) is 1.80. The van der Waals surface area contributed by atoms with Crippen molar-refractivity contribution in [3.63, 3.8) is 0 Å². The number of methoxy groups -OCH3 is 1. The molecule has 0 radical (unpaired) electrons. The maximum Gasteiger partial charge on any atom is 0.0623 e. The maximum atomic E-state index is 5.46. The lowest BCUT2D eigenvalue weighted by molar-refractivity contribution is 0.0117. The zero-order chi connectivity index (χ0) is 12.4. The molecule has 0 aliphatic rings. The first-order valence-electron chi connectivity index (χ1n) is 6.33. The largest absolute Gasteiger partial charge is 0.379 e. The Balaban J connectivity index is 3.89. The summed E-state index contributed by atoms with van der Waals surface area (Å²) in [4.78, 5) is 0. The predicted octanol–water partition coefficient (Wildman–Crippen LogP) is 3.31. The van der Waals surface area contributed by atoms with E-state index in [9.17, 15) is 0 Å². The average Bonchev–Trinajstić information content (AvgIpc) is 2.28. The van der Waals surface area contributed by atoms with Gasteiger partial charge < -0.3 is 10.1 Å². The molecule has 16 heavy (non-hydrogen) atoms. The fourth-order valence-electron chi connectivity index (χ4n) is 1.58. The lowest BCUT2D eigenvalue weighted by atomic mass is 9.97. The molecule has 1 N–H and O–H groups in total. The van der Waals surface area contributed by atoms with Crippen molar-refractivity contribution in [1.82, 2.24) is 5.32 Å². The van der Waals surface area contributed by atoms with Crippen molar-refractivity contribution in [2.24, 2.45) is 0 Å². The summed E-state index contributed by atoms with van der Waals surface area (Å²) in [5.41, 5.74) is 0.0193. The number of nitrogens with one attached hydrogen (secondary N) is 1. The summed E-state index contributed by atoms with van der Waals surface area (Å²) in [6.07, 6.45) is 6.99. The first kappa shape index (κ1) is 16.3. The molecule has 98 valence electrons. The van der Waals surface area contributed by atoms with Gasteiger partial charge in [-0.05, 0) is 58.1 Å². The van der Waals surface area contributed by atoms with E-state index in [0.717, 1.165) is 13.0 Å². The van der Waals surface area contributed by atoms with Crippen LogP contribution in [0, 0.1) is 0 Å². The van der Waals surface area contributed by atoms with Crippen molar-refractivity contribution in [3.8, 4) is 0 Å². The zero-order valence-corrected chi connectivity index (χ0v) is 12.5. The molecular weight excluding hydrogens is 218 g/mol. The van der Waals surface area contributed by atoms with Gasteiger partial charge in [0.15, 0.2) is 0 Å². The molecule has 0 heterocycles. The van der Waals surface area contributed by atoms with Gasteiger partial charge in [0.25, 0.3) is 0 Å². The third-order valence-electron chi connectivity index (χ3n) is 3.00. The molecule has 1 unspecified atom stereocenters. The Labute approximate surface area is 106 Å². The molecule has 0 bridgehead atoms. The van der Waals surface area contributed by atoms with E-state index < -0.39 is 0 Å². The second kappa shape index (κ2) is 9.32. The Morgan fingerprint density at radius 3 is 2.50 bits per heavy atom. The van der Waals surface area contributed by atoms with E-state index in [1.807, 2.05) is 11.8 Å². The van der Waals surface area contributed by atoms with E-state index in [1.165, 1.54) is 25.0 Å². The highest BCUT2D eigenvalue weighted by Gasteiger charge is 2.18. The van der Waals surface area contributed by atoms with Gasteiger partial charge >= 0.3 is 0 Å². The highest BCUT2D eigenvalue weighted by Crippen LogP contribution is 2.18. The molecule has 0 aromatic heterocycles. The first-order chi connectivity index (χ1) is 7.55. The van der Waals surface area contributed by atoms with E-state index in [1.54, 1.807) is 7.11 Å². The zero-order valence-electron chi connectivity index (χ0n) is 11.6. The molecular formula is C13H29NOS. The predicted molar refractivity (Wildman–Crippen MR) is 75.4 cm³/mol. The molecule has 3 heteroatoms. The van der Waals surface area contributed by atoms with Gasteiger partial charge in [0, 0.05) is 13.2 Å². The second-order valence-electron chi connectivity index (χ2n) is 4.94. The van der Waals surface area contributed by atoms with Gasteiger partial charge in [-0.25, -0.2) is 0 Å². The van der Waals surface area contributed by atoms with Crippen LogP contribution in [-0.2, 0) is 4.74 Å². The summed E-state index contributed by atoms with van der Waals surface area (Å²) in [5.74, 6) is 1.24. The number of hydrogen-bond donors (Lipinski definition) is 1. The summed E-state index contributed by atoms with van der Waals surface area (Å²) >= 11 is 1.93. The van der Waals surface area contributed by atoms with Crippen LogP contribution in [-0.4, -0.2) is 37.3 Å². The topological polar surface area (TPSA) is 21.3 Å². The average molecular weight is 247 g/mol. The maximum absolute atomic E-state index is 5.46.